The van der Waals surface area contributed by atoms with E-state index < -0.39 is 11.9 Å². The smallest absolute Gasteiger partial charge is 0.362 e. The van der Waals surface area contributed by atoms with Crippen molar-refractivity contribution in [2.24, 2.45) is 0 Å². The van der Waals surface area contributed by atoms with Crippen LogP contribution in [0, 0.1) is 6.92 Å². The molecule has 4 rings (SSSR count). The summed E-state index contributed by atoms with van der Waals surface area (Å²) in [6.45, 7) is 3.91. The number of nitrogens with zero attached hydrogens (tertiary/aromatic N) is 2. The van der Waals surface area contributed by atoms with Crippen LogP contribution in [0.1, 0.15) is 45.9 Å². The number of esters is 1. The monoisotopic (exact) mass is 520 g/mol. The van der Waals surface area contributed by atoms with Gasteiger partial charge in [-0.3, -0.25) is 4.79 Å². The predicted octanol–water partition coefficient (Wildman–Crippen LogP) is 4.10. The Balaban J connectivity index is 1.77. The van der Waals surface area contributed by atoms with Gasteiger partial charge >= 0.3 is 5.97 Å². The molecule has 3 aromatic rings. The van der Waals surface area contributed by atoms with Gasteiger partial charge < -0.3 is 29.0 Å². The summed E-state index contributed by atoms with van der Waals surface area (Å²) in [7, 11) is 2.81. The third kappa shape index (κ3) is 5.73. The SMILES string of the molecule is COc1c(O)c(C(CCC(=O)N2CCOCC2)c2ccccc2)c(C)c(OC(=O)c2ccccn2)c1OC. The zero-order valence-corrected chi connectivity index (χ0v) is 21.8. The summed E-state index contributed by atoms with van der Waals surface area (Å²) in [5.41, 5.74) is 2.01. The standard InChI is InChI=1S/C29H32N2O7/c1-19-24(21(20-9-5-4-6-10-20)12-13-23(32)31-15-17-37-18-16-31)25(33)27(35-2)28(36-3)26(19)38-29(34)22-11-7-8-14-30-22/h4-11,14,21,33H,12-13,15-18H2,1-3H3. The second-order valence-electron chi connectivity index (χ2n) is 8.88. The van der Waals surface area contributed by atoms with Crippen molar-refractivity contribution in [3.63, 3.8) is 0 Å². The molecule has 0 radical (unpaired) electrons. The minimum Gasteiger partial charge on any atom is -0.504 e. The number of benzene rings is 2. The normalized spacial score (nSPS) is 14.0. The van der Waals surface area contributed by atoms with Crippen molar-refractivity contribution < 1.29 is 33.6 Å². The van der Waals surface area contributed by atoms with Gasteiger partial charge in [0.05, 0.1) is 27.4 Å². The first-order valence-electron chi connectivity index (χ1n) is 12.5. The fourth-order valence-corrected chi connectivity index (χ4v) is 4.76. The molecule has 0 aliphatic carbocycles. The molecule has 1 amide bonds. The van der Waals surface area contributed by atoms with Crippen LogP contribution in [0.2, 0.25) is 0 Å². The Morgan fingerprint density at radius 3 is 2.32 bits per heavy atom. The Labute approximate surface area is 221 Å². The number of carbonyl (C=O) groups is 2. The molecule has 2 heterocycles. The van der Waals surface area contributed by atoms with Crippen LogP contribution >= 0.6 is 0 Å². The Bertz CT molecular complexity index is 1260. The largest absolute Gasteiger partial charge is 0.504 e. The van der Waals surface area contributed by atoms with Crippen molar-refractivity contribution in [3.05, 3.63) is 77.1 Å². The maximum atomic E-state index is 13.0. The van der Waals surface area contributed by atoms with E-state index >= 15 is 0 Å². The molecule has 200 valence electrons. The molecule has 1 unspecified atom stereocenters. The topological polar surface area (TPSA) is 107 Å². The van der Waals surface area contributed by atoms with Gasteiger partial charge in [0.25, 0.3) is 0 Å². The van der Waals surface area contributed by atoms with Gasteiger partial charge in [0.15, 0.2) is 11.5 Å². The van der Waals surface area contributed by atoms with Gasteiger partial charge in [-0.25, -0.2) is 9.78 Å². The summed E-state index contributed by atoms with van der Waals surface area (Å²) in [4.78, 5) is 31.8. The highest BCUT2D eigenvalue weighted by Gasteiger charge is 2.32. The fourth-order valence-electron chi connectivity index (χ4n) is 4.76. The number of pyridine rings is 1. The molecule has 1 fully saturated rings. The van der Waals surface area contributed by atoms with Gasteiger partial charge in [0.2, 0.25) is 17.4 Å². The molecular formula is C29H32N2O7. The number of ether oxygens (including phenoxy) is 4. The quantitative estimate of drug-likeness (QED) is 0.332. The number of hydrogen-bond acceptors (Lipinski definition) is 8. The van der Waals surface area contributed by atoms with Gasteiger partial charge in [0, 0.05) is 42.8 Å². The Hall–Kier alpha value is -4.11. The van der Waals surface area contributed by atoms with Gasteiger partial charge in [-0.15, -0.1) is 0 Å². The number of phenols is 1. The van der Waals surface area contributed by atoms with E-state index in [4.69, 9.17) is 18.9 Å². The third-order valence-electron chi connectivity index (χ3n) is 6.67. The number of aromatic hydroxyl groups is 1. The van der Waals surface area contributed by atoms with Gasteiger partial charge in [0.1, 0.15) is 5.69 Å². The minimum atomic E-state index is -0.676. The number of hydrogen-bond donors (Lipinski definition) is 1. The Kier molecular flexibility index (Phi) is 8.81. The first-order chi connectivity index (χ1) is 18.5. The zero-order chi connectivity index (χ0) is 27.1. The molecule has 9 nitrogen and oxygen atoms in total. The Morgan fingerprint density at radius 2 is 1.68 bits per heavy atom. The van der Waals surface area contributed by atoms with Gasteiger partial charge in [-0.05, 0) is 31.0 Å². The van der Waals surface area contributed by atoms with Crippen LogP contribution in [0.25, 0.3) is 0 Å². The Morgan fingerprint density at radius 1 is 1.00 bits per heavy atom. The molecule has 2 aromatic carbocycles. The number of phenolic OH excluding ortho intramolecular Hbond substituents is 1. The lowest BCUT2D eigenvalue weighted by molar-refractivity contribution is -0.135. The highest BCUT2D eigenvalue weighted by Crippen LogP contribution is 2.53. The lowest BCUT2D eigenvalue weighted by Crippen LogP contribution is -2.40. The van der Waals surface area contributed by atoms with Crippen LogP contribution < -0.4 is 14.2 Å². The van der Waals surface area contributed by atoms with E-state index in [1.54, 1.807) is 30.0 Å². The molecule has 0 spiro atoms. The van der Waals surface area contributed by atoms with E-state index in [-0.39, 0.29) is 41.0 Å². The minimum absolute atomic E-state index is 0.0219. The van der Waals surface area contributed by atoms with Crippen LogP contribution in [-0.2, 0) is 9.53 Å². The highest BCUT2D eigenvalue weighted by atomic mass is 16.6. The van der Waals surface area contributed by atoms with Gasteiger partial charge in [-0.2, -0.15) is 0 Å². The molecule has 1 aliphatic rings. The second-order valence-corrected chi connectivity index (χ2v) is 8.88. The van der Waals surface area contributed by atoms with Crippen molar-refractivity contribution in [2.75, 3.05) is 40.5 Å². The lowest BCUT2D eigenvalue weighted by atomic mass is 9.83. The van der Waals surface area contributed by atoms with Crippen LogP contribution in [0.15, 0.2) is 54.7 Å². The fraction of sp³-hybridized carbons (Fsp3) is 0.345. The average Bonchev–Trinajstić information content (AvgIpc) is 2.97. The number of carbonyl (C=O) groups excluding carboxylic acids is 2. The van der Waals surface area contributed by atoms with Crippen molar-refractivity contribution in [1.82, 2.24) is 9.88 Å². The molecule has 0 bridgehead atoms. The van der Waals surface area contributed by atoms with E-state index in [1.165, 1.54) is 20.4 Å². The summed E-state index contributed by atoms with van der Waals surface area (Å²) in [6.07, 6.45) is 2.17. The van der Waals surface area contributed by atoms with E-state index in [1.807, 2.05) is 30.3 Å². The van der Waals surface area contributed by atoms with Crippen LogP contribution in [0.3, 0.4) is 0 Å². The van der Waals surface area contributed by atoms with Crippen molar-refractivity contribution in [2.45, 2.75) is 25.7 Å². The number of methoxy groups -OCH3 is 2. The molecule has 38 heavy (non-hydrogen) atoms. The molecule has 1 atom stereocenters. The predicted molar refractivity (Wildman–Crippen MR) is 140 cm³/mol. The van der Waals surface area contributed by atoms with Crippen molar-refractivity contribution in [3.8, 4) is 23.0 Å². The maximum absolute atomic E-state index is 13.0. The molecule has 9 heteroatoms. The molecular weight excluding hydrogens is 488 g/mol. The molecule has 1 aliphatic heterocycles. The zero-order valence-electron chi connectivity index (χ0n) is 21.8. The summed E-state index contributed by atoms with van der Waals surface area (Å²) in [5, 5.41) is 11.4. The van der Waals surface area contributed by atoms with E-state index in [9.17, 15) is 14.7 Å². The van der Waals surface area contributed by atoms with E-state index in [0.717, 1.165) is 5.56 Å². The average molecular weight is 521 g/mol. The van der Waals surface area contributed by atoms with Crippen LogP contribution in [-0.4, -0.2) is 67.4 Å². The maximum Gasteiger partial charge on any atom is 0.362 e. The summed E-state index contributed by atoms with van der Waals surface area (Å²) >= 11 is 0. The third-order valence-corrected chi connectivity index (χ3v) is 6.67. The van der Waals surface area contributed by atoms with E-state index in [0.29, 0.717) is 43.9 Å². The first kappa shape index (κ1) is 26.9. The summed E-state index contributed by atoms with van der Waals surface area (Å²) in [6, 6.07) is 14.5. The van der Waals surface area contributed by atoms with Gasteiger partial charge in [-0.1, -0.05) is 36.4 Å². The number of amides is 1. The molecule has 1 aromatic heterocycles. The number of aromatic nitrogens is 1. The first-order valence-corrected chi connectivity index (χ1v) is 12.5. The van der Waals surface area contributed by atoms with Crippen LogP contribution in [0.5, 0.6) is 23.0 Å². The highest BCUT2D eigenvalue weighted by molar-refractivity contribution is 5.90. The van der Waals surface area contributed by atoms with Crippen molar-refractivity contribution >= 4 is 11.9 Å². The lowest BCUT2D eigenvalue weighted by Gasteiger charge is -2.29. The molecule has 0 saturated carbocycles. The number of morpholine rings is 1. The molecule has 1 saturated heterocycles. The van der Waals surface area contributed by atoms with Crippen LogP contribution in [0.4, 0.5) is 0 Å². The van der Waals surface area contributed by atoms with E-state index in [2.05, 4.69) is 4.98 Å². The summed E-state index contributed by atoms with van der Waals surface area (Å²) < 4.78 is 22.2. The van der Waals surface area contributed by atoms with Crippen molar-refractivity contribution in [1.29, 1.82) is 0 Å². The number of rotatable bonds is 9. The summed E-state index contributed by atoms with van der Waals surface area (Å²) in [5.74, 6) is -0.934. The molecule has 1 N–H and O–H groups in total. The second kappa shape index (κ2) is 12.4.